The molecule has 144 valence electrons. The molecule has 0 bridgehead atoms. The van der Waals surface area contributed by atoms with Crippen molar-refractivity contribution in [1.29, 1.82) is 0 Å². The Kier molecular flexibility index (Phi) is 7.08. The van der Waals surface area contributed by atoms with Gasteiger partial charge in [0.05, 0.1) is 15.6 Å². The van der Waals surface area contributed by atoms with Crippen LogP contribution in [0.5, 0.6) is 0 Å². The van der Waals surface area contributed by atoms with Gasteiger partial charge >= 0.3 is 0 Å². The number of hydrogen-bond donors (Lipinski definition) is 0. The molecule has 1 atom stereocenters. The molecule has 27 heavy (non-hydrogen) atoms. The molecule has 0 spiro atoms. The third kappa shape index (κ3) is 4.37. The number of carbonyl (C=O) groups is 2. The highest BCUT2D eigenvalue weighted by atomic mass is 35.5. The fraction of sp³-hybridized carbons (Fsp3) is 0.333. The van der Waals surface area contributed by atoms with Crippen LogP contribution in [0.4, 0.5) is 0 Å². The van der Waals surface area contributed by atoms with Crippen molar-refractivity contribution in [2.45, 2.75) is 40.5 Å². The first-order valence-corrected chi connectivity index (χ1v) is 11.5. The number of rotatable bonds is 7. The Morgan fingerprint density at radius 1 is 0.926 bits per heavy atom. The Bertz CT molecular complexity index is 907. The van der Waals surface area contributed by atoms with Crippen molar-refractivity contribution >= 4 is 41.4 Å². The van der Waals surface area contributed by atoms with Crippen LogP contribution < -0.4 is 0 Å². The van der Waals surface area contributed by atoms with Crippen LogP contribution in [0, 0.1) is 20.8 Å². The molecule has 0 saturated carbocycles. The number of hydrogen-bond acceptors (Lipinski definition) is 3. The third-order valence-electron chi connectivity index (χ3n) is 4.55. The lowest BCUT2D eigenvalue weighted by Crippen LogP contribution is -2.16. The van der Waals surface area contributed by atoms with E-state index in [1.54, 1.807) is 19.9 Å². The fourth-order valence-corrected chi connectivity index (χ4v) is 6.63. The van der Waals surface area contributed by atoms with Crippen LogP contribution in [0.15, 0.2) is 30.3 Å². The van der Waals surface area contributed by atoms with E-state index in [2.05, 4.69) is 0 Å². The zero-order valence-corrected chi connectivity index (χ0v) is 18.3. The molecule has 2 rings (SSSR count). The molecule has 0 fully saturated rings. The van der Waals surface area contributed by atoms with Gasteiger partial charge in [-0.05, 0) is 50.5 Å². The summed E-state index contributed by atoms with van der Waals surface area (Å²) >= 11 is 12.3. The molecule has 0 saturated heterocycles. The molecule has 0 radical (unpaired) electrons. The van der Waals surface area contributed by atoms with Crippen LogP contribution in [-0.2, 0) is 4.57 Å². The van der Waals surface area contributed by atoms with Gasteiger partial charge in [-0.25, -0.2) is 0 Å². The molecule has 6 heteroatoms. The minimum absolute atomic E-state index is 0.00940. The average Bonchev–Trinajstić information content (AvgIpc) is 2.58. The van der Waals surface area contributed by atoms with E-state index in [1.807, 2.05) is 26.0 Å². The van der Waals surface area contributed by atoms with E-state index in [1.165, 1.54) is 12.1 Å². The first-order chi connectivity index (χ1) is 12.6. The monoisotopic (exact) mass is 424 g/mol. The Balaban J connectivity index is 2.65. The summed E-state index contributed by atoms with van der Waals surface area (Å²) in [7, 11) is -3.93. The second-order valence-corrected chi connectivity index (χ2v) is 10.4. The lowest BCUT2D eigenvalue weighted by atomic mass is 10.0. The van der Waals surface area contributed by atoms with Crippen LogP contribution in [0.3, 0.4) is 0 Å². The molecule has 1 unspecified atom stereocenters. The van der Waals surface area contributed by atoms with Crippen molar-refractivity contribution in [3.8, 4) is 0 Å². The largest absolute Gasteiger partial charge is 0.307 e. The van der Waals surface area contributed by atoms with Crippen molar-refractivity contribution < 1.29 is 14.2 Å². The van der Waals surface area contributed by atoms with Gasteiger partial charge in [0.2, 0.25) is 18.2 Å². The van der Waals surface area contributed by atoms with Crippen molar-refractivity contribution in [1.82, 2.24) is 0 Å². The lowest BCUT2D eigenvalue weighted by molar-refractivity contribution is 0.103. The Labute approximate surface area is 170 Å². The smallest absolute Gasteiger partial charge is 0.231 e. The minimum atomic E-state index is -3.93. The number of unbranched alkanes of at least 4 members (excludes halogenated alkanes) is 1. The normalized spacial score (nSPS) is 13.3. The molecule has 3 nitrogen and oxygen atoms in total. The van der Waals surface area contributed by atoms with Crippen molar-refractivity contribution in [3.05, 3.63) is 68.2 Å². The molecule has 2 aromatic carbocycles. The molecule has 0 amide bonds. The maximum Gasteiger partial charge on any atom is 0.231 e. The van der Waals surface area contributed by atoms with Crippen LogP contribution in [0.1, 0.15) is 57.2 Å². The number of carbonyl (C=O) groups excluding carboxylic acids is 2. The van der Waals surface area contributed by atoms with E-state index in [-0.39, 0.29) is 21.8 Å². The van der Waals surface area contributed by atoms with E-state index in [9.17, 15) is 14.2 Å². The molecule has 2 aromatic rings. The van der Waals surface area contributed by atoms with Crippen LogP contribution >= 0.6 is 30.3 Å². The Morgan fingerprint density at radius 2 is 1.41 bits per heavy atom. The summed E-state index contributed by atoms with van der Waals surface area (Å²) in [6.07, 6.45) is 1.23. The van der Waals surface area contributed by atoms with Crippen LogP contribution in [-0.4, -0.2) is 17.2 Å². The highest BCUT2D eigenvalue weighted by Gasteiger charge is 2.42. The third-order valence-corrected chi connectivity index (χ3v) is 7.89. The summed E-state index contributed by atoms with van der Waals surface area (Å²) in [4.78, 5) is 26.7. The van der Waals surface area contributed by atoms with E-state index in [4.69, 9.17) is 23.2 Å². The summed E-state index contributed by atoms with van der Waals surface area (Å²) in [5, 5.41) is 0.212. The van der Waals surface area contributed by atoms with Crippen LogP contribution in [0.2, 0.25) is 10.0 Å². The molecule has 0 N–H and O–H groups in total. The Morgan fingerprint density at radius 3 is 1.89 bits per heavy atom. The van der Waals surface area contributed by atoms with Gasteiger partial charge in [-0.15, -0.1) is 0 Å². The molecule has 0 aliphatic heterocycles. The number of aryl methyl sites for hydroxylation is 3. The second kappa shape index (κ2) is 8.73. The van der Waals surface area contributed by atoms with E-state index >= 15 is 0 Å². The van der Waals surface area contributed by atoms with Gasteiger partial charge in [0.15, 0.2) is 0 Å². The number of benzene rings is 2. The Hall–Kier alpha value is -1.41. The van der Waals surface area contributed by atoms with E-state index < -0.39 is 18.2 Å². The molecule has 0 aliphatic carbocycles. The van der Waals surface area contributed by atoms with Crippen molar-refractivity contribution in [2.24, 2.45) is 0 Å². The standard InChI is InChI=1S/C21H23Cl2O3P/c1-5-6-10-27(26,21(25)19-16(22)8-7-9-17(19)23)20(24)18-14(3)11-13(2)12-15(18)4/h7-9,11-12H,5-6,10H2,1-4H3. The van der Waals surface area contributed by atoms with Gasteiger partial charge in [-0.1, -0.05) is 60.3 Å². The summed E-state index contributed by atoms with van der Waals surface area (Å²) < 4.78 is 13.9. The van der Waals surface area contributed by atoms with E-state index in [0.29, 0.717) is 29.5 Å². The summed E-state index contributed by atoms with van der Waals surface area (Å²) in [6.45, 7) is 7.44. The first-order valence-electron chi connectivity index (χ1n) is 8.84. The van der Waals surface area contributed by atoms with Gasteiger partial charge in [-0.2, -0.15) is 0 Å². The highest BCUT2D eigenvalue weighted by molar-refractivity contribution is 7.95. The maximum absolute atomic E-state index is 13.9. The second-order valence-electron chi connectivity index (χ2n) is 6.80. The van der Waals surface area contributed by atoms with Gasteiger partial charge in [0.25, 0.3) is 0 Å². The lowest BCUT2D eigenvalue weighted by Gasteiger charge is -2.20. The van der Waals surface area contributed by atoms with Gasteiger partial charge in [-0.3, -0.25) is 9.59 Å². The molecule has 0 aromatic heterocycles. The maximum atomic E-state index is 13.9. The predicted octanol–water partition coefficient (Wildman–Crippen LogP) is 7.06. The quantitative estimate of drug-likeness (QED) is 0.446. The fourth-order valence-electron chi connectivity index (χ4n) is 3.26. The predicted molar refractivity (Wildman–Crippen MR) is 113 cm³/mol. The van der Waals surface area contributed by atoms with E-state index in [0.717, 1.165) is 5.56 Å². The summed E-state index contributed by atoms with van der Waals surface area (Å²) in [5.41, 5.74) is 1.40. The zero-order chi connectivity index (χ0) is 20.4. The zero-order valence-electron chi connectivity index (χ0n) is 15.9. The SMILES string of the molecule is CCCCP(=O)(C(=O)c1c(C)cc(C)cc1C)C(=O)c1c(Cl)cccc1Cl. The van der Waals surface area contributed by atoms with Crippen molar-refractivity contribution in [2.75, 3.05) is 6.16 Å². The van der Waals surface area contributed by atoms with Gasteiger partial charge < -0.3 is 4.57 Å². The topological polar surface area (TPSA) is 51.2 Å². The first kappa shape index (κ1) is 21.9. The number of halogens is 2. The minimum Gasteiger partial charge on any atom is -0.307 e. The highest BCUT2D eigenvalue weighted by Crippen LogP contribution is 2.55. The molecule has 0 aliphatic rings. The van der Waals surface area contributed by atoms with Crippen LogP contribution in [0.25, 0.3) is 0 Å². The molecular formula is C21H23Cl2O3P. The van der Waals surface area contributed by atoms with Crippen molar-refractivity contribution in [3.63, 3.8) is 0 Å². The van der Waals surface area contributed by atoms with Gasteiger partial charge in [0.1, 0.15) is 0 Å². The molecule has 0 heterocycles. The molecular weight excluding hydrogens is 402 g/mol. The summed E-state index contributed by atoms with van der Waals surface area (Å²) in [6, 6.07) is 8.35. The average molecular weight is 425 g/mol. The summed E-state index contributed by atoms with van der Waals surface area (Å²) in [5.74, 6) is 0. The van der Waals surface area contributed by atoms with Gasteiger partial charge in [0, 0.05) is 11.7 Å².